The molecule has 1 unspecified atom stereocenters. The lowest BCUT2D eigenvalue weighted by molar-refractivity contribution is -0.123. The van der Waals surface area contributed by atoms with E-state index in [0.29, 0.717) is 11.2 Å². The van der Waals surface area contributed by atoms with Crippen LogP contribution >= 0.6 is 23.1 Å². The van der Waals surface area contributed by atoms with Crippen molar-refractivity contribution in [1.29, 1.82) is 0 Å². The smallest absolute Gasteiger partial charge is 0.230 e. The van der Waals surface area contributed by atoms with E-state index < -0.39 is 0 Å². The SMILES string of the molecule is CC(NC(=O)CSc1ncnc2sccc12)C12CC3CC(CC(C3)C1)C2. The lowest BCUT2D eigenvalue weighted by Gasteiger charge is -2.59. The zero-order valence-corrected chi connectivity index (χ0v) is 16.7. The highest BCUT2D eigenvalue weighted by Gasteiger charge is 2.53. The third kappa shape index (κ3) is 2.95. The summed E-state index contributed by atoms with van der Waals surface area (Å²) in [6, 6.07) is 2.33. The predicted octanol–water partition coefficient (Wildman–Crippen LogP) is 4.50. The first-order chi connectivity index (χ1) is 12.6. The van der Waals surface area contributed by atoms with Crippen molar-refractivity contribution >= 4 is 39.2 Å². The van der Waals surface area contributed by atoms with Gasteiger partial charge < -0.3 is 5.32 Å². The van der Waals surface area contributed by atoms with Gasteiger partial charge in [-0.1, -0.05) is 11.8 Å². The number of fused-ring (bicyclic) bond motifs is 1. The Bertz CT molecular complexity index is 798. The molecule has 4 saturated carbocycles. The molecule has 0 radical (unpaired) electrons. The lowest BCUT2D eigenvalue weighted by atomic mass is 9.48. The first kappa shape index (κ1) is 17.0. The number of nitrogens with zero attached hydrogens (tertiary/aromatic N) is 2. The number of thioether (sulfide) groups is 1. The Labute approximate surface area is 162 Å². The number of hydrogen-bond donors (Lipinski definition) is 1. The van der Waals surface area contributed by atoms with Gasteiger partial charge in [0.2, 0.25) is 5.91 Å². The highest BCUT2D eigenvalue weighted by atomic mass is 32.2. The van der Waals surface area contributed by atoms with Gasteiger partial charge in [0.05, 0.1) is 5.75 Å². The minimum absolute atomic E-state index is 0.139. The van der Waals surface area contributed by atoms with Crippen LogP contribution in [-0.4, -0.2) is 27.7 Å². The van der Waals surface area contributed by atoms with Crippen LogP contribution in [-0.2, 0) is 4.79 Å². The number of nitrogens with one attached hydrogen (secondary N) is 1. The van der Waals surface area contributed by atoms with Gasteiger partial charge in [0.25, 0.3) is 0 Å². The highest BCUT2D eigenvalue weighted by molar-refractivity contribution is 8.00. The standard InChI is InChI=1S/C20H25N3OS2/c1-12(20-7-13-4-14(8-20)6-15(5-13)9-20)23-17(24)10-26-19-16-2-3-25-18(16)21-11-22-19/h2-3,11-15H,4-10H2,1H3,(H,23,24). The largest absolute Gasteiger partial charge is 0.352 e. The number of amides is 1. The van der Waals surface area contributed by atoms with Crippen molar-refractivity contribution in [2.24, 2.45) is 23.2 Å². The Kier molecular flexibility index (Phi) is 4.24. The molecule has 2 aromatic heterocycles. The Morgan fingerprint density at radius 1 is 1.27 bits per heavy atom. The molecule has 0 saturated heterocycles. The average molecular weight is 388 g/mol. The van der Waals surface area contributed by atoms with Crippen molar-refractivity contribution < 1.29 is 4.79 Å². The fraction of sp³-hybridized carbons (Fsp3) is 0.650. The molecule has 0 spiro atoms. The average Bonchev–Trinajstić information content (AvgIpc) is 3.08. The second-order valence-corrected chi connectivity index (χ2v) is 10.5. The van der Waals surface area contributed by atoms with Gasteiger partial charge in [-0.2, -0.15) is 0 Å². The second-order valence-electron chi connectivity index (χ2n) is 8.68. The molecule has 2 aromatic rings. The number of hydrogen-bond acceptors (Lipinski definition) is 5. The minimum atomic E-state index is 0.139. The third-order valence-electron chi connectivity index (χ3n) is 6.95. The lowest BCUT2D eigenvalue weighted by Crippen LogP contribution is -2.56. The summed E-state index contributed by atoms with van der Waals surface area (Å²) >= 11 is 3.14. The molecule has 4 bridgehead atoms. The van der Waals surface area contributed by atoms with Crippen molar-refractivity contribution in [2.45, 2.75) is 56.5 Å². The normalized spacial score (nSPS) is 33.5. The van der Waals surface area contributed by atoms with Crippen LogP contribution < -0.4 is 5.32 Å². The van der Waals surface area contributed by atoms with E-state index in [2.05, 4.69) is 22.2 Å². The topological polar surface area (TPSA) is 54.9 Å². The molecule has 138 valence electrons. The summed E-state index contributed by atoms with van der Waals surface area (Å²) in [5.74, 6) is 3.33. The van der Waals surface area contributed by atoms with Crippen LogP contribution in [0.5, 0.6) is 0 Å². The van der Waals surface area contributed by atoms with Gasteiger partial charge in [-0.25, -0.2) is 9.97 Å². The summed E-state index contributed by atoms with van der Waals surface area (Å²) in [5.41, 5.74) is 0.366. The highest BCUT2D eigenvalue weighted by Crippen LogP contribution is 2.61. The van der Waals surface area contributed by atoms with E-state index in [9.17, 15) is 4.79 Å². The minimum Gasteiger partial charge on any atom is -0.352 e. The van der Waals surface area contributed by atoms with Crippen molar-refractivity contribution in [3.63, 3.8) is 0 Å². The maximum Gasteiger partial charge on any atom is 0.230 e. The molecule has 4 aliphatic rings. The third-order valence-corrected chi connectivity index (χ3v) is 8.77. The molecule has 6 heteroatoms. The molecule has 0 aromatic carbocycles. The number of rotatable bonds is 5. The molecule has 2 heterocycles. The molecular weight excluding hydrogens is 362 g/mol. The first-order valence-corrected chi connectivity index (χ1v) is 11.6. The maximum atomic E-state index is 12.6. The quantitative estimate of drug-likeness (QED) is 0.606. The van der Waals surface area contributed by atoms with Gasteiger partial charge in [-0.05, 0) is 80.1 Å². The molecule has 1 amide bonds. The van der Waals surface area contributed by atoms with E-state index in [-0.39, 0.29) is 11.9 Å². The van der Waals surface area contributed by atoms with Gasteiger partial charge in [0.15, 0.2) is 0 Å². The van der Waals surface area contributed by atoms with E-state index in [1.165, 1.54) is 50.3 Å². The van der Waals surface area contributed by atoms with E-state index in [4.69, 9.17) is 0 Å². The number of aromatic nitrogens is 2. The monoisotopic (exact) mass is 387 g/mol. The molecule has 4 nitrogen and oxygen atoms in total. The number of thiophene rings is 1. The summed E-state index contributed by atoms with van der Waals surface area (Å²) in [6.07, 6.45) is 9.91. The van der Waals surface area contributed by atoms with Crippen LogP contribution in [0.3, 0.4) is 0 Å². The van der Waals surface area contributed by atoms with Gasteiger partial charge >= 0.3 is 0 Å². The van der Waals surface area contributed by atoms with Crippen molar-refractivity contribution in [2.75, 3.05) is 5.75 Å². The molecule has 1 N–H and O–H groups in total. The Hall–Kier alpha value is -1.14. The Morgan fingerprint density at radius 3 is 2.65 bits per heavy atom. The molecule has 26 heavy (non-hydrogen) atoms. The van der Waals surface area contributed by atoms with Crippen LogP contribution in [0.4, 0.5) is 0 Å². The predicted molar refractivity (Wildman–Crippen MR) is 106 cm³/mol. The van der Waals surface area contributed by atoms with E-state index in [1.54, 1.807) is 17.7 Å². The zero-order valence-electron chi connectivity index (χ0n) is 15.1. The van der Waals surface area contributed by atoms with Crippen LogP contribution in [0, 0.1) is 23.2 Å². The Morgan fingerprint density at radius 2 is 1.96 bits per heavy atom. The second kappa shape index (κ2) is 6.48. The van der Waals surface area contributed by atoms with Crippen LogP contribution in [0.2, 0.25) is 0 Å². The Balaban J connectivity index is 1.22. The summed E-state index contributed by atoms with van der Waals surface area (Å²) in [6.45, 7) is 2.25. The van der Waals surface area contributed by atoms with Crippen LogP contribution in [0.15, 0.2) is 22.8 Å². The summed E-state index contributed by atoms with van der Waals surface area (Å²) < 4.78 is 0. The fourth-order valence-corrected chi connectivity index (χ4v) is 7.75. The summed E-state index contributed by atoms with van der Waals surface area (Å²) in [4.78, 5) is 22.3. The van der Waals surface area contributed by atoms with Gasteiger partial charge in [-0.15, -0.1) is 11.3 Å². The number of carbonyl (C=O) groups is 1. The van der Waals surface area contributed by atoms with E-state index >= 15 is 0 Å². The number of carbonyl (C=O) groups excluding carboxylic acids is 1. The van der Waals surface area contributed by atoms with Gasteiger partial charge in [-0.3, -0.25) is 4.79 Å². The summed E-state index contributed by atoms with van der Waals surface area (Å²) in [5, 5.41) is 7.35. The van der Waals surface area contributed by atoms with E-state index in [0.717, 1.165) is 33.0 Å². The zero-order chi connectivity index (χ0) is 17.7. The molecule has 1 atom stereocenters. The van der Waals surface area contributed by atoms with Crippen molar-refractivity contribution in [1.82, 2.24) is 15.3 Å². The van der Waals surface area contributed by atoms with Crippen LogP contribution in [0.1, 0.15) is 45.4 Å². The van der Waals surface area contributed by atoms with Gasteiger partial charge in [0, 0.05) is 11.4 Å². The molecule has 0 aliphatic heterocycles. The molecule has 4 aliphatic carbocycles. The fourth-order valence-electron chi connectivity index (χ4n) is 6.16. The van der Waals surface area contributed by atoms with Crippen LogP contribution in [0.25, 0.3) is 10.2 Å². The maximum absolute atomic E-state index is 12.6. The van der Waals surface area contributed by atoms with Crippen molar-refractivity contribution in [3.8, 4) is 0 Å². The van der Waals surface area contributed by atoms with E-state index in [1.807, 2.05) is 11.4 Å². The molecular formula is C20H25N3OS2. The first-order valence-electron chi connectivity index (χ1n) is 9.72. The molecule has 6 rings (SSSR count). The molecule has 4 fully saturated rings. The van der Waals surface area contributed by atoms with Gasteiger partial charge in [0.1, 0.15) is 16.2 Å². The van der Waals surface area contributed by atoms with Crippen molar-refractivity contribution in [3.05, 3.63) is 17.8 Å². The summed E-state index contributed by atoms with van der Waals surface area (Å²) in [7, 11) is 0.